The van der Waals surface area contributed by atoms with Crippen molar-refractivity contribution in [3.05, 3.63) is 22.1 Å². The van der Waals surface area contributed by atoms with Crippen LogP contribution in [0.5, 0.6) is 0 Å². The van der Waals surface area contributed by atoms with E-state index in [2.05, 4.69) is 5.10 Å². The molecule has 1 saturated carbocycles. The lowest BCUT2D eigenvalue weighted by atomic mass is 10.1. The number of carboxylic acid groups (broad SMARTS) is 1. The van der Waals surface area contributed by atoms with Crippen LogP contribution in [0.15, 0.2) is 10.9 Å². The molecule has 1 aliphatic rings. The van der Waals surface area contributed by atoms with Crippen molar-refractivity contribution in [2.24, 2.45) is 5.92 Å². The number of nitrogens with zero attached hydrogens (tertiary/aromatic N) is 1. The molecule has 1 aromatic rings. The van der Waals surface area contributed by atoms with Crippen LogP contribution in [0.4, 0.5) is 0 Å². The summed E-state index contributed by atoms with van der Waals surface area (Å²) in [5.41, 5.74) is 0.682. The van der Waals surface area contributed by atoms with Crippen LogP contribution in [-0.2, 0) is 11.2 Å². The van der Waals surface area contributed by atoms with Gasteiger partial charge >= 0.3 is 5.97 Å². The second-order valence-electron chi connectivity index (χ2n) is 4.87. The third-order valence-electron chi connectivity index (χ3n) is 3.44. The molecule has 2 N–H and O–H groups in total. The molecule has 0 aliphatic heterocycles. The van der Waals surface area contributed by atoms with Crippen LogP contribution in [0.2, 0.25) is 0 Å². The first-order chi connectivity index (χ1) is 8.08. The van der Waals surface area contributed by atoms with Crippen LogP contribution in [0.25, 0.3) is 0 Å². The van der Waals surface area contributed by atoms with E-state index in [-0.39, 0.29) is 11.6 Å². The fourth-order valence-corrected chi connectivity index (χ4v) is 2.42. The highest BCUT2D eigenvalue weighted by Crippen LogP contribution is 2.27. The van der Waals surface area contributed by atoms with Crippen molar-refractivity contribution in [3.63, 3.8) is 0 Å². The van der Waals surface area contributed by atoms with Crippen LogP contribution >= 0.6 is 0 Å². The fraction of sp³-hybridized carbons (Fsp3) is 0.667. The van der Waals surface area contributed by atoms with Gasteiger partial charge in [-0.2, -0.15) is 0 Å². The smallest absolute Gasteiger partial charge is 0.306 e. The van der Waals surface area contributed by atoms with Gasteiger partial charge in [-0.05, 0) is 12.8 Å². The number of aliphatic carboxylic acids is 1. The van der Waals surface area contributed by atoms with Gasteiger partial charge in [-0.3, -0.25) is 14.7 Å². The molecule has 94 valence electrons. The van der Waals surface area contributed by atoms with Crippen molar-refractivity contribution in [1.82, 2.24) is 9.78 Å². The summed E-state index contributed by atoms with van der Waals surface area (Å²) in [5.74, 6) is -1.30. The number of hydrogen-bond acceptors (Lipinski definition) is 2. The molecule has 1 atom stereocenters. The van der Waals surface area contributed by atoms with E-state index in [1.54, 1.807) is 11.6 Å². The molecule has 1 aromatic heterocycles. The molecule has 1 unspecified atom stereocenters. The summed E-state index contributed by atoms with van der Waals surface area (Å²) < 4.78 is 1.66. The van der Waals surface area contributed by atoms with E-state index in [0.29, 0.717) is 6.42 Å². The lowest BCUT2D eigenvalue weighted by molar-refractivity contribution is -0.141. The summed E-state index contributed by atoms with van der Waals surface area (Å²) in [7, 11) is 0. The zero-order valence-electron chi connectivity index (χ0n) is 9.98. The molecule has 5 nitrogen and oxygen atoms in total. The van der Waals surface area contributed by atoms with Crippen molar-refractivity contribution >= 4 is 5.97 Å². The highest BCUT2D eigenvalue weighted by molar-refractivity contribution is 5.69. The first-order valence-corrected chi connectivity index (χ1v) is 6.11. The molecule has 17 heavy (non-hydrogen) atoms. The maximum Gasteiger partial charge on any atom is 0.306 e. The van der Waals surface area contributed by atoms with Crippen LogP contribution < -0.4 is 5.56 Å². The van der Waals surface area contributed by atoms with Crippen LogP contribution in [-0.4, -0.2) is 20.9 Å². The van der Waals surface area contributed by atoms with Gasteiger partial charge in [0.05, 0.1) is 12.0 Å². The Bertz CT molecular complexity index is 455. The zero-order chi connectivity index (χ0) is 12.4. The number of rotatable bonds is 4. The summed E-state index contributed by atoms with van der Waals surface area (Å²) in [5, 5.41) is 11.9. The molecular formula is C12H18N2O3. The Morgan fingerprint density at radius 1 is 1.59 bits per heavy atom. The van der Waals surface area contributed by atoms with Crippen molar-refractivity contribution in [2.45, 2.75) is 45.1 Å². The Hall–Kier alpha value is -1.52. The average Bonchev–Trinajstić information content (AvgIpc) is 2.87. The lowest BCUT2D eigenvalue weighted by Gasteiger charge is -2.10. The van der Waals surface area contributed by atoms with E-state index in [1.165, 1.54) is 6.07 Å². The SMILES string of the molecule is CC(Cc1cc(=O)n(C2CCCC2)[nH]1)C(=O)O. The van der Waals surface area contributed by atoms with E-state index < -0.39 is 11.9 Å². The molecule has 0 saturated heterocycles. The summed E-state index contributed by atoms with van der Waals surface area (Å²) >= 11 is 0. The van der Waals surface area contributed by atoms with Gasteiger partial charge in [0.25, 0.3) is 5.56 Å². The van der Waals surface area contributed by atoms with E-state index >= 15 is 0 Å². The number of hydrogen-bond donors (Lipinski definition) is 2. The van der Waals surface area contributed by atoms with Crippen molar-refractivity contribution in [3.8, 4) is 0 Å². The predicted octanol–water partition coefficient (Wildman–Crippen LogP) is 1.55. The minimum absolute atomic E-state index is 0.0375. The van der Waals surface area contributed by atoms with E-state index in [1.807, 2.05) is 0 Å². The Balaban J connectivity index is 2.13. The number of aromatic nitrogens is 2. The Morgan fingerprint density at radius 2 is 2.24 bits per heavy atom. The highest BCUT2D eigenvalue weighted by Gasteiger charge is 2.20. The number of aromatic amines is 1. The van der Waals surface area contributed by atoms with E-state index in [4.69, 9.17) is 5.11 Å². The quantitative estimate of drug-likeness (QED) is 0.835. The first kappa shape index (κ1) is 12.0. The zero-order valence-corrected chi connectivity index (χ0v) is 9.98. The van der Waals surface area contributed by atoms with Crippen LogP contribution in [0.3, 0.4) is 0 Å². The molecule has 1 aliphatic carbocycles. The molecule has 2 rings (SSSR count). The molecule has 0 amide bonds. The Kier molecular flexibility index (Phi) is 3.36. The minimum Gasteiger partial charge on any atom is -0.481 e. The van der Waals surface area contributed by atoms with Gasteiger partial charge in [0.1, 0.15) is 0 Å². The van der Waals surface area contributed by atoms with Gasteiger partial charge in [-0.1, -0.05) is 19.8 Å². The van der Waals surface area contributed by atoms with Crippen LogP contribution in [0.1, 0.15) is 44.3 Å². The van der Waals surface area contributed by atoms with Crippen molar-refractivity contribution in [2.75, 3.05) is 0 Å². The van der Waals surface area contributed by atoms with Crippen molar-refractivity contribution in [1.29, 1.82) is 0 Å². The summed E-state index contributed by atoms with van der Waals surface area (Å²) in [6.07, 6.45) is 4.78. The Morgan fingerprint density at radius 3 is 2.82 bits per heavy atom. The Labute approximate surface area is 99.4 Å². The average molecular weight is 238 g/mol. The minimum atomic E-state index is -0.834. The molecule has 5 heteroatoms. The third-order valence-corrected chi connectivity index (χ3v) is 3.44. The molecular weight excluding hydrogens is 220 g/mol. The lowest BCUT2D eigenvalue weighted by Crippen LogP contribution is -2.20. The second-order valence-corrected chi connectivity index (χ2v) is 4.87. The normalized spacial score (nSPS) is 18.4. The third kappa shape index (κ3) is 2.60. The van der Waals surface area contributed by atoms with Crippen molar-refractivity contribution < 1.29 is 9.90 Å². The van der Waals surface area contributed by atoms with E-state index in [9.17, 15) is 9.59 Å². The number of carbonyl (C=O) groups is 1. The van der Waals surface area contributed by atoms with Gasteiger partial charge in [-0.25, -0.2) is 4.68 Å². The predicted molar refractivity (Wildman–Crippen MR) is 63.1 cm³/mol. The van der Waals surface area contributed by atoms with Gasteiger partial charge in [0, 0.05) is 18.2 Å². The maximum atomic E-state index is 11.8. The highest BCUT2D eigenvalue weighted by atomic mass is 16.4. The maximum absolute atomic E-state index is 11.8. The largest absolute Gasteiger partial charge is 0.481 e. The standard InChI is InChI=1S/C12H18N2O3/c1-8(12(16)17)6-9-7-11(15)14(13-9)10-4-2-3-5-10/h7-8,10,13H,2-6H2,1H3,(H,16,17). The molecule has 0 spiro atoms. The summed E-state index contributed by atoms with van der Waals surface area (Å²) in [6, 6.07) is 1.80. The topological polar surface area (TPSA) is 75.1 Å². The van der Waals surface area contributed by atoms with E-state index in [0.717, 1.165) is 31.4 Å². The fourth-order valence-electron chi connectivity index (χ4n) is 2.42. The van der Waals surface area contributed by atoms with Gasteiger partial charge in [-0.15, -0.1) is 0 Å². The molecule has 1 fully saturated rings. The molecule has 1 heterocycles. The summed E-state index contributed by atoms with van der Waals surface area (Å²) in [6.45, 7) is 1.65. The van der Waals surface area contributed by atoms with Gasteiger partial charge < -0.3 is 5.11 Å². The number of H-pyrrole nitrogens is 1. The van der Waals surface area contributed by atoms with Gasteiger partial charge in [0.2, 0.25) is 0 Å². The summed E-state index contributed by atoms with van der Waals surface area (Å²) in [4.78, 5) is 22.5. The monoisotopic (exact) mass is 238 g/mol. The molecule has 0 aromatic carbocycles. The first-order valence-electron chi connectivity index (χ1n) is 6.11. The second kappa shape index (κ2) is 4.77. The number of nitrogens with one attached hydrogen (secondary N) is 1. The number of carboxylic acids is 1. The van der Waals surface area contributed by atoms with Crippen LogP contribution in [0, 0.1) is 5.92 Å². The van der Waals surface area contributed by atoms with Gasteiger partial charge in [0.15, 0.2) is 0 Å². The molecule has 0 radical (unpaired) electrons. The molecule has 0 bridgehead atoms.